The Labute approximate surface area is 161 Å². The van der Waals surface area contributed by atoms with Gasteiger partial charge in [-0.2, -0.15) is 0 Å². The highest BCUT2D eigenvalue weighted by Gasteiger charge is 2.38. The first-order chi connectivity index (χ1) is 12.1. The molecule has 4 N–H and O–H groups in total. The van der Waals surface area contributed by atoms with Crippen molar-refractivity contribution in [3.05, 3.63) is 22.6 Å². The zero-order valence-corrected chi connectivity index (χ0v) is 17.7. The van der Waals surface area contributed by atoms with E-state index in [1.807, 2.05) is 0 Å². The number of sulfone groups is 1. The molecule has 0 amide bonds. The molecule has 0 aromatic heterocycles. The molecule has 3 rings (SSSR count). The van der Waals surface area contributed by atoms with Crippen LogP contribution in [0.25, 0.3) is 0 Å². The molecule has 1 unspecified atom stereocenters. The highest BCUT2D eigenvalue weighted by Crippen LogP contribution is 2.30. The van der Waals surface area contributed by atoms with Crippen molar-refractivity contribution in [1.82, 2.24) is 10.0 Å². The Morgan fingerprint density at radius 2 is 2.08 bits per heavy atom. The first-order valence-corrected chi connectivity index (χ1v) is 12.9. The summed E-state index contributed by atoms with van der Waals surface area (Å²) in [5, 5.41) is 8.15. The van der Waals surface area contributed by atoms with Gasteiger partial charge in [-0.15, -0.1) is 0 Å². The summed E-state index contributed by atoms with van der Waals surface area (Å²) in [7, 11) is -6.34. The van der Waals surface area contributed by atoms with Crippen LogP contribution in [0.1, 0.15) is 39.5 Å². The molecule has 1 aliphatic carbocycles. The van der Waals surface area contributed by atoms with E-state index < -0.39 is 19.9 Å². The summed E-state index contributed by atoms with van der Waals surface area (Å²) in [5.74, 6) is 1.66. The average Bonchev–Trinajstić information content (AvgIpc) is 3.32. The van der Waals surface area contributed by atoms with Crippen LogP contribution in [0.15, 0.2) is 22.6 Å². The summed E-state index contributed by atoms with van der Waals surface area (Å²) in [5.41, 5.74) is 0. The summed E-state index contributed by atoms with van der Waals surface area (Å²) in [6, 6.07) is 0.217. The summed E-state index contributed by atoms with van der Waals surface area (Å²) in [4.78, 5) is 0. The van der Waals surface area contributed by atoms with Crippen molar-refractivity contribution in [3.8, 4) is 0 Å². The molecule has 1 saturated carbocycles. The van der Waals surface area contributed by atoms with E-state index in [1.165, 1.54) is 18.9 Å². The Balaban J connectivity index is 0.000000209. The Morgan fingerprint density at radius 3 is 2.54 bits per heavy atom. The van der Waals surface area contributed by atoms with Crippen molar-refractivity contribution in [2.45, 2.75) is 50.8 Å². The second-order valence-corrected chi connectivity index (χ2v) is 12.5. The predicted molar refractivity (Wildman–Crippen MR) is 107 cm³/mol. The van der Waals surface area contributed by atoms with Crippen molar-refractivity contribution >= 4 is 31.8 Å². The van der Waals surface area contributed by atoms with E-state index in [0.29, 0.717) is 11.7 Å². The molecule has 10 heteroatoms. The van der Waals surface area contributed by atoms with Crippen LogP contribution in [0.3, 0.4) is 0 Å². The quantitative estimate of drug-likeness (QED) is 0.554. The highest BCUT2D eigenvalue weighted by molar-refractivity contribution is 8.17. The van der Waals surface area contributed by atoms with Gasteiger partial charge in [0.2, 0.25) is 10.0 Å². The third-order valence-electron chi connectivity index (χ3n) is 4.45. The third kappa shape index (κ3) is 7.22. The highest BCUT2D eigenvalue weighted by atomic mass is 32.3. The van der Waals surface area contributed by atoms with Crippen molar-refractivity contribution in [2.24, 2.45) is 17.0 Å². The Kier molecular flexibility index (Phi) is 7.61. The molecule has 7 nitrogen and oxygen atoms in total. The zero-order valence-electron chi connectivity index (χ0n) is 15.2. The van der Waals surface area contributed by atoms with Crippen LogP contribution in [0, 0.1) is 11.8 Å². The van der Waals surface area contributed by atoms with Gasteiger partial charge < -0.3 is 10.0 Å². The second kappa shape index (κ2) is 9.09. The van der Waals surface area contributed by atoms with Crippen LogP contribution in [0.4, 0.5) is 0 Å². The topological polar surface area (TPSA) is 118 Å². The SMILES string of the molecule is CC(C)C[C@@H]1CC(NCC2CC2)CS1(=O)=O.NS(=O)(=O)C1=CC=CNS1. The maximum atomic E-state index is 11.9. The minimum Gasteiger partial charge on any atom is -0.332 e. The molecule has 0 spiro atoms. The number of allylic oxidation sites excluding steroid dienone is 2. The number of hydrogen-bond acceptors (Lipinski definition) is 7. The van der Waals surface area contributed by atoms with Gasteiger partial charge in [-0.05, 0) is 68.2 Å². The van der Waals surface area contributed by atoms with Crippen LogP contribution >= 0.6 is 11.9 Å². The van der Waals surface area contributed by atoms with Gasteiger partial charge in [0.15, 0.2) is 9.84 Å². The lowest BCUT2D eigenvalue weighted by Crippen LogP contribution is -2.31. The van der Waals surface area contributed by atoms with Gasteiger partial charge in [-0.3, -0.25) is 0 Å². The molecule has 26 heavy (non-hydrogen) atoms. The smallest absolute Gasteiger partial charge is 0.245 e. The first kappa shape index (κ1) is 21.7. The van der Waals surface area contributed by atoms with Crippen molar-refractivity contribution in [1.29, 1.82) is 0 Å². The lowest BCUT2D eigenvalue weighted by molar-refractivity contribution is 0.478. The molecule has 2 aliphatic heterocycles. The number of primary sulfonamides is 1. The fourth-order valence-corrected chi connectivity index (χ4v) is 6.54. The van der Waals surface area contributed by atoms with E-state index in [-0.39, 0.29) is 15.5 Å². The van der Waals surface area contributed by atoms with E-state index >= 15 is 0 Å². The van der Waals surface area contributed by atoms with Gasteiger partial charge in [-0.25, -0.2) is 22.0 Å². The van der Waals surface area contributed by atoms with Crippen LogP contribution in [-0.4, -0.2) is 40.4 Å². The standard InChI is InChI=1S/C12H23NO2S.C4H6N2O2S2/c1-9(2)5-12-6-11(8-16(12,14)15)13-7-10-3-4-10;5-10(7,8)4-2-1-3-6-9-4/h9-13H,3-8H2,1-2H3;1-3,6H,(H2,5,7,8)/t11?,12-;/m1./s1. The third-order valence-corrected chi connectivity index (χ3v) is 8.95. The van der Waals surface area contributed by atoms with Crippen LogP contribution in [-0.2, 0) is 19.9 Å². The van der Waals surface area contributed by atoms with E-state index in [1.54, 1.807) is 12.3 Å². The van der Waals surface area contributed by atoms with Crippen LogP contribution in [0.5, 0.6) is 0 Å². The van der Waals surface area contributed by atoms with Crippen molar-refractivity contribution in [2.75, 3.05) is 12.3 Å². The Bertz CT molecular complexity index is 741. The van der Waals surface area contributed by atoms with Crippen molar-refractivity contribution in [3.63, 3.8) is 0 Å². The minimum absolute atomic E-state index is 0.0933. The predicted octanol–water partition coefficient (Wildman–Crippen LogP) is 1.47. The molecule has 1 saturated heterocycles. The van der Waals surface area contributed by atoms with Gasteiger partial charge >= 0.3 is 0 Å². The van der Waals surface area contributed by atoms with E-state index in [4.69, 9.17) is 5.14 Å². The van der Waals surface area contributed by atoms with Crippen LogP contribution < -0.4 is 15.2 Å². The van der Waals surface area contributed by atoms with E-state index in [2.05, 4.69) is 23.9 Å². The molecule has 3 aliphatic rings. The summed E-state index contributed by atoms with van der Waals surface area (Å²) in [6.45, 7) is 5.22. The van der Waals surface area contributed by atoms with Gasteiger partial charge in [-0.1, -0.05) is 13.8 Å². The summed E-state index contributed by atoms with van der Waals surface area (Å²) >= 11 is 0.981. The molecule has 0 aromatic carbocycles. The summed E-state index contributed by atoms with van der Waals surface area (Å²) in [6.07, 6.45) is 8.94. The fraction of sp³-hybridized carbons (Fsp3) is 0.750. The molecule has 0 radical (unpaired) electrons. The number of rotatable bonds is 6. The fourth-order valence-electron chi connectivity index (χ4n) is 2.96. The van der Waals surface area contributed by atoms with E-state index in [0.717, 1.165) is 37.3 Å². The first-order valence-electron chi connectivity index (χ1n) is 8.85. The number of hydrogen-bond donors (Lipinski definition) is 3. The Hall–Kier alpha value is -0.550. The van der Waals surface area contributed by atoms with Gasteiger partial charge in [0.1, 0.15) is 4.24 Å². The molecule has 0 aromatic rings. The molecule has 2 heterocycles. The molecular weight excluding hydrogens is 394 g/mol. The molecule has 2 atom stereocenters. The number of nitrogens with one attached hydrogen (secondary N) is 2. The second-order valence-electron chi connectivity index (χ2n) is 7.48. The molecule has 150 valence electrons. The largest absolute Gasteiger partial charge is 0.332 e. The number of sulfonamides is 1. The average molecular weight is 424 g/mol. The maximum Gasteiger partial charge on any atom is 0.245 e. The van der Waals surface area contributed by atoms with Crippen LogP contribution in [0.2, 0.25) is 0 Å². The van der Waals surface area contributed by atoms with Crippen molar-refractivity contribution < 1.29 is 16.8 Å². The monoisotopic (exact) mass is 423 g/mol. The zero-order chi connectivity index (χ0) is 19.4. The normalized spacial score (nSPS) is 27.5. The summed E-state index contributed by atoms with van der Waals surface area (Å²) < 4.78 is 47.8. The molecule has 0 bridgehead atoms. The van der Waals surface area contributed by atoms with Gasteiger partial charge in [0.25, 0.3) is 0 Å². The van der Waals surface area contributed by atoms with E-state index in [9.17, 15) is 16.8 Å². The number of nitrogens with two attached hydrogens (primary N) is 1. The lowest BCUT2D eigenvalue weighted by atomic mass is 10.0. The molecule has 2 fully saturated rings. The minimum atomic E-state index is -3.52. The Morgan fingerprint density at radius 1 is 1.38 bits per heavy atom. The maximum absolute atomic E-state index is 11.9. The van der Waals surface area contributed by atoms with Gasteiger partial charge in [0, 0.05) is 12.2 Å². The lowest BCUT2D eigenvalue weighted by Gasteiger charge is -2.12. The van der Waals surface area contributed by atoms with Gasteiger partial charge in [0.05, 0.1) is 11.0 Å². The molecular formula is C16H29N3O4S3.